The fourth-order valence-electron chi connectivity index (χ4n) is 3.14. The zero-order valence-corrected chi connectivity index (χ0v) is 19.3. The number of rotatable bonds is 13. The molecular formula is C23H39N5O3. The molecule has 0 saturated carbocycles. The van der Waals surface area contributed by atoms with Gasteiger partial charge in [-0.2, -0.15) is 0 Å². The number of carbonyl (C=O) groups is 1. The van der Waals surface area contributed by atoms with Gasteiger partial charge in [0.25, 0.3) is 0 Å². The lowest BCUT2D eigenvalue weighted by Crippen LogP contribution is -2.40. The van der Waals surface area contributed by atoms with Crippen molar-refractivity contribution in [3.05, 3.63) is 30.3 Å². The zero-order valence-electron chi connectivity index (χ0n) is 19.3. The Kier molecular flexibility index (Phi) is 11.8. The Hall–Kier alpha value is -2.32. The Morgan fingerprint density at radius 3 is 2.58 bits per heavy atom. The first-order valence-corrected chi connectivity index (χ1v) is 11.2. The number of aliphatic imine (C=N–C) groups is 1. The number of anilines is 1. The average molecular weight is 434 g/mol. The lowest BCUT2D eigenvalue weighted by molar-refractivity contribution is -0.127. The second-order valence-corrected chi connectivity index (χ2v) is 8.08. The van der Waals surface area contributed by atoms with Crippen LogP contribution >= 0.6 is 0 Å². The minimum Gasteiger partial charge on any atom is -0.381 e. The van der Waals surface area contributed by atoms with Crippen molar-refractivity contribution in [1.82, 2.24) is 15.5 Å². The number of ether oxygens (including phenoxy) is 2. The van der Waals surface area contributed by atoms with Crippen molar-refractivity contribution >= 4 is 17.6 Å². The van der Waals surface area contributed by atoms with Crippen LogP contribution in [0.1, 0.15) is 19.3 Å². The summed E-state index contributed by atoms with van der Waals surface area (Å²) in [5.74, 6) is 1.19. The summed E-state index contributed by atoms with van der Waals surface area (Å²) >= 11 is 0. The first-order chi connectivity index (χ1) is 15.1. The van der Waals surface area contributed by atoms with E-state index in [1.165, 1.54) is 5.69 Å². The molecule has 1 heterocycles. The maximum atomic E-state index is 11.9. The number of hydrogen-bond donors (Lipinski definition) is 2. The van der Waals surface area contributed by atoms with Gasteiger partial charge in [0.15, 0.2) is 5.96 Å². The topological polar surface area (TPSA) is 78.4 Å². The van der Waals surface area contributed by atoms with Gasteiger partial charge in [-0.05, 0) is 31.4 Å². The third-order valence-corrected chi connectivity index (χ3v) is 5.17. The van der Waals surface area contributed by atoms with Gasteiger partial charge < -0.3 is 29.9 Å². The monoisotopic (exact) mass is 433 g/mol. The normalized spacial score (nSPS) is 16.2. The van der Waals surface area contributed by atoms with Crippen LogP contribution in [0.15, 0.2) is 35.3 Å². The predicted molar refractivity (Wildman–Crippen MR) is 126 cm³/mol. The molecule has 8 nitrogen and oxygen atoms in total. The minimum atomic E-state index is -0.0213. The lowest BCUT2D eigenvalue weighted by atomic mass is 10.1. The van der Waals surface area contributed by atoms with E-state index in [1.54, 1.807) is 19.0 Å². The van der Waals surface area contributed by atoms with Gasteiger partial charge in [-0.15, -0.1) is 0 Å². The van der Waals surface area contributed by atoms with E-state index in [2.05, 4.69) is 39.7 Å². The quantitative estimate of drug-likeness (QED) is 0.279. The van der Waals surface area contributed by atoms with Gasteiger partial charge in [-0.3, -0.25) is 4.79 Å². The molecule has 1 amide bonds. The van der Waals surface area contributed by atoms with Crippen LogP contribution < -0.4 is 15.5 Å². The predicted octanol–water partition coefficient (Wildman–Crippen LogP) is 1.58. The molecule has 0 spiro atoms. The molecule has 1 atom stereocenters. The number of carbonyl (C=O) groups excluding carboxylic acids is 1. The average Bonchev–Trinajstić information content (AvgIpc) is 3.30. The Morgan fingerprint density at radius 2 is 1.90 bits per heavy atom. The van der Waals surface area contributed by atoms with E-state index in [0.29, 0.717) is 18.5 Å². The Morgan fingerprint density at radius 1 is 1.16 bits per heavy atom. The summed E-state index contributed by atoms with van der Waals surface area (Å²) in [6.45, 7) is 5.72. The van der Waals surface area contributed by atoms with E-state index in [1.807, 2.05) is 18.2 Å². The number of guanidine groups is 1. The highest BCUT2D eigenvalue weighted by atomic mass is 16.5. The second kappa shape index (κ2) is 14.6. The molecule has 8 heteroatoms. The first-order valence-electron chi connectivity index (χ1n) is 11.2. The van der Waals surface area contributed by atoms with E-state index >= 15 is 0 Å². The standard InChI is InChI=1S/C23H39N5O3/c1-27(2)22(29)17-26-23(25-13-8-15-30-18-20-11-16-31-19-20)24-12-7-14-28(3)21-9-5-4-6-10-21/h4-6,9-10,20H,7-8,11-19H2,1-3H3,(H2,24,25,26). The van der Waals surface area contributed by atoms with Crippen molar-refractivity contribution in [2.45, 2.75) is 19.3 Å². The van der Waals surface area contributed by atoms with Gasteiger partial charge in [0.05, 0.1) is 13.2 Å². The van der Waals surface area contributed by atoms with Crippen LogP contribution in [0.25, 0.3) is 0 Å². The van der Waals surface area contributed by atoms with Gasteiger partial charge in [-0.25, -0.2) is 4.99 Å². The number of amides is 1. The smallest absolute Gasteiger partial charge is 0.243 e. The largest absolute Gasteiger partial charge is 0.381 e. The van der Waals surface area contributed by atoms with Crippen LogP contribution in [-0.4, -0.2) is 90.5 Å². The van der Waals surface area contributed by atoms with Crippen molar-refractivity contribution in [2.75, 3.05) is 78.6 Å². The molecule has 2 N–H and O–H groups in total. The van der Waals surface area contributed by atoms with Crippen LogP contribution in [0.4, 0.5) is 5.69 Å². The van der Waals surface area contributed by atoms with Gasteiger partial charge in [0, 0.05) is 65.6 Å². The molecule has 1 fully saturated rings. The molecule has 1 aromatic rings. The summed E-state index contributed by atoms with van der Waals surface area (Å²) in [6.07, 6.45) is 2.94. The SMILES string of the molecule is CN(C)C(=O)CN=C(NCCCOCC1CCOC1)NCCCN(C)c1ccccc1. The van der Waals surface area contributed by atoms with Crippen LogP contribution in [-0.2, 0) is 14.3 Å². The van der Waals surface area contributed by atoms with E-state index in [9.17, 15) is 4.79 Å². The number of nitrogens with one attached hydrogen (secondary N) is 2. The summed E-state index contributed by atoms with van der Waals surface area (Å²) in [5.41, 5.74) is 1.20. The van der Waals surface area contributed by atoms with E-state index < -0.39 is 0 Å². The summed E-state index contributed by atoms with van der Waals surface area (Å²) in [7, 11) is 5.57. The summed E-state index contributed by atoms with van der Waals surface area (Å²) < 4.78 is 11.1. The highest BCUT2D eigenvalue weighted by Crippen LogP contribution is 2.12. The number of para-hydroxylation sites is 1. The van der Waals surface area contributed by atoms with Crippen molar-refractivity contribution in [2.24, 2.45) is 10.9 Å². The maximum Gasteiger partial charge on any atom is 0.243 e. The molecular weight excluding hydrogens is 394 g/mol. The Labute approximate surface area is 187 Å². The van der Waals surface area contributed by atoms with Gasteiger partial charge in [0.1, 0.15) is 6.54 Å². The Balaban J connectivity index is 1.67. The number of benzene rings is 1. The third-order valence-electron chi connectivity index (χ3n) is 5.17. The van der Waals surface area contributed by atoms with Crippen molar-refractivity contribution in [1.29, 1.82) is 0 Å². The molecule has 2 rings (SSSR count). The molecule has 174 valence electrons. The van der Waals surface area contributed by atoms with E-state index in [-0.39, 0.29) is 12.5 Å². The third kappa shape index (κ3) is 10.5. The van der Waals surface area contributed by atoms with Crippen LogP contribution in [0, 0.1) is 5.92 Å². The summed E-state index contributed by atoms with van der Waals surface area (Å²) in [4.78, 5) is 20.1. The minimum absolute atomic E-state index is 0.0213. The highest BCUT2D eigenvalue weighted by Gasteiger charge is 2.15. The van der Waals surface area contributed by atoms with Gasteiger partial charge >= 0.3 is 0 Å². The van der Waals surface area contributed by atoms with Crippen LogP contribution in [0.3, 0.4) is 0 Å². The fraction of sp³-hybridized carbons (Fsp3) is 0.652. The highest BCUT2D eigenvalue weighted by molar-refractivity contribution is 5.84. The number of nitrogens with zero attached hydrogens (tertiary/aromatic N) is 3. The number of hydrogen-bond acceptors (Lipinski definition) is 5. The molecule has 1 aliphatic rings. The Bertz CT molecular complexity index is 648. The molecule has 31 heavy (non-hydrogen) atoms. The summed E-state index contributed by atoms with van der Waals surface area (Å²) in [6, 6.07) is 10.3. The molecule has 1 aliphatic heterocycles. The van der Waals surface area contributed by atoms with Gasteiger partial charge in [-0.1, -0.05) is 18.2 Å². The molecule has 1 saturated heterocycles. The maximum absolute atomic E-state index is 11.9. The van der Waals surface area contributed by atoms with E-state index in [4.69, 9.17) is 9.47 Å². The van der Waals surface area contributed by atoms with E-state index in [0.717, 1.165) is 58.7 Å². The first kappa shape index (κ1) is 24.9. The molecule has 1 aromatic carbocycles. The second-order valence-electron chi connectivity index (χ2n) is 8.08. The number of likely N-dealkylation sites (N-methyl/N-ethyl adjacent to an activating group) is 1. The van der Waals surface area contributed by atoms with Crippen molar-refractivity contribution < 1.29 is 14.3 Å². The molecule has 0 radical (unpaired) electrons. The molecule has 0 bridgehead atoms. The lowest BCUT2D eigenvalue weighted by Gasteiger charge is -2.20. The molecule has 0 aromatic heterocycles. The molecule has 1 unspecified atom stereocenters. The zero-order chi connectivity index (χ0) is 22.3. The molecule has 0 aliphatic carbocycles. The van der Waals surface area contributed by atoms with Crippen molar-refractivity contribution in [3.8, 4) is 0 Å². The van der Waals surface area contributed by atoms with Crippen LogP contribution in [0.5, 0.6) is 0 Å². The van der Waals surface area contributed by atoms with Gasteiger partial charge in [0.2, 0.25) is 5.91 Å². The van der Waals surface area contributed by atoms with Crippen molar-refractivity contribution in [3.63, 3.8) is 0 Å². The van der Waals surface area contributed by atoms with Crippen LogP contribution in [0.2, 0.25) is 0 Å². The fourth-order valence-corrected chi connectivity index (χ4v) is 3.14. The summed E-state index contributed by atoms with van der Waals surface area (Å²) in [5, 5.41) is 6.65.